The first-order chi connectivity index (χ1) is 11.7. The molecule has 0 nitrogen and oxygen atoms in total. The Balaban J connectivity index is 1.46. The molecule has 0 saturated heterocycles. The van der Waals surface area contributed by atoms with Gasteiger partial charge in [0.1, 0.15) is 0 Å². The molecule has 1 aromatic rings. The first-order valence-electron chi connectivity index (χ1n) is 9.79. The second-order valence-corrected chi connectivity index (χ2v) is 7.86. The fraction of sp³-hybridized carbons (Fsp3) is 0.636. The quantitative estimate of drug-likeness (QED) is 0.520. The smallest absolute Gasteiger partial charge is 0.159 e. The van der Waals surface area contributed by atoms with E-state index in [0.29, 0.717) is 11.8 Å². The summed E-state index contributed by atoms with van der Waals surface area (Å²) in [6.45, 7) is 2.31. The van der Waals surface area contributed by atoms with Crippen molar-refractivity contribution in [2.75, 3.05) is 0 Å². The molecular formula is C22H30F2. The molecule has 1 aromatic carbocycles. The molecule has 2 aliphatic rings. The minimum atomic E-state index is -0.742. The molecule has 3 rings (SSSR count). The highest BCUT2D eigenvalue weighted by molar-refractivity contribution is 5.22. The highest BCUT2D eigenvalue weighted by Gasteiger charge is 2.23. The summed E-state index contributed by atoms with van der Waals surface area (Å²) < 4.78 is 26.5. The average Bonchev–Trinajstić information content (AvgIpc) is 2.63. The van der Waals surface area contributed by atoms with E-state index in [2.05, 4.69) is 19.1 Å². The Kier molecular flexibility index (Phi) is 6.08. The highest BCUT2D eigenvalue weighted by atomic mass is 19.2. The SMILES string of the molecule is CC[C@H]1CC[C@H](C=C[C@H]2CC[C@H](c3ccc(F)c(F)c3)CC2)CC1. The van der Waals surface area contributed by atoms with Crippen molar-refractivity contribution < 1.29 is 8.78 Å². The van der Waals surface area contributed by atoms with Crippen molar-refractivity contribution in [3.8, 4) is 0 Å². The molecular weight excluding hydrogens is 302 g/mol. The zero-order valence-corrected chi connectivity index (χ0v) is 14.8. The molecule has 0 radical (unpaired) electrons. The summed E-state index contributed by atoms with van der Waals surface area (Å²) in [5.41, 5.74) is 0.967. The molecule has 0 unspecified atom stereocenters. The van der Waals surface area contributed by atoms with Crippen LogP contribution in [0.25, 0.3) is 0 Å². The minimum Gasteiger partial charge on any atom is -0.204 e. The van der Waals surface area contributed by atoms with Crippen LogP contribution in [0.1, 0.15) is 76.2 Å². The van der Waals surface area contributed by atoms with Crippen LogP contribution in [0.5, 0.6) is 0 Å². The molecule has 132 valence electrons. The van der Waals surface area contributed by atoms with Gasteiger partial charge in [0.25, 0.3) is 0 Å². The van der Waals surface area contributed by atoms with E-state index >= 15 is 0 Å². The summed E-state index contributed by atoms with van der Waals surface area (Å²) >= 11 is 0. The van der Waals surface area contributed by atoms with Gasteiger partial charge in [-0.3, -0.25) is 0 Å². The molecule has 0 spiro atoms. The Hall–Kier alpha value is -1.18. The number of halogens is 2. The summed E-state index contributed by atoms with van der Waals surface area (Å²) in [7, 11) is 0. The molecule has 0 aliphatic heterocycles. The lowest BCUT2D eigenvalue weighted by Crippen LogP contribution is -2.14. The zero-order valence-electron chi connectivity index (χ0n) is 14.8. The van der Waals surface area contributed by atoms with Gasteiger partial charge in [-0.05, 0) is 92.7 Å². The summed E-state index contributed by atoms with van der Waals surface area (Å²) in [6.07, 6.45) is 16.3. The third kappa shape index (κ3) is 4.46. The number of rotatable bonds is 4. The van der Waals surface area contributed by atoms with E-state index in [1.807, 2.05) is 0 Å². The molecule has 2 saturated carbocycles. The van der Waals surface area contributed by atoms with Crippen molar-refractivity contribution in [2.24, 2.45) is 17.8 Å². The van der Waals surface area contributed by atoms with Gasteiger partial charge < -0.3 is 0 Å². The van der Waals surface area contributed by atoms with Crippen molar-refractivity contribution in [2.45, 2.75) is 70.6 Å². The second kappa shape index (κ2) is 8.27. The Labute approximate surface area is 145 Å². The van der Waals surface area contributed by atoms with Gasteiger partial charge in [0.2, 0.25) is 0 Å². The maximum Gasteiger partial charge on any atom is 0.159 e. The molecule has 0 N–H and O–H groups in total. The molecule has 0 atom stereocenters. The third-order valence-corrected chi connectivity index (χ3v) is 6.31. The average molecular weight is 332 g/mol. The molecule has 0 aromatic heterocycles. The van der Waals surface area contributed by atoms with Gasteiger partial charge in [0.05, 0.1) is 0 Å². The Morgan fingerprint density at radius 1 is 0.833 bits per heavy atom. The molecule has 24 heavy (non-hydrogen) atoms. The van der Waals surface area contributed by atoms with Gasteiger partial charge >= 0.3 is 0 Å². The van der Waals surface area contributed by atoms with Crippen molar-refractivity contribution >= 4 is 0 Å². The Bertz CT molecular complexity index is 547. The van der Waals surface area contributed by atoms with Crippen molar-refractivity contribution in [1.29, 1.82) is 0 Å². The normalized spacial score (nSPS) is 31.5. The molecule has 0 bridgehead atoms. The summed E-state index contributed by atoms with van der Waals surface area (Å²) in [6, 6.07) is 4.41. The number of hydrogen-bond donors (Lipinski definition) is 0. The molecule has 2 aliphatic carbocycles. The largest absolute Gasteiger partial charge is 0.204 e. The molecule has 0 amide bonds. The van der Waals surface area contributed by atoms with Gasteiger partial charge in [-0.25, -0.2) is 8.78 Å². The van der Waals surface area contributed by atoms with E-state index in [1.165, 1.54) is 57.1 Å². The molecule has 0 heterocycles. The fourth-order valence-corrected chi connectivity index (χ4v) is 4.51. The van der Waals surface area contributed by atoms with E-state index in [4.69, 9.17) is 0 Å². The predicted octanol–water partition coefficient (Wildman–Crippen LogP) is 7.01. The summed E-state index contributed by atoms with van der Waals surface area (Å²) in [5, 5.41) is 0. The van der Waals surface area contributed by atoms with Gasteiger partial charge in [-0.15, -0.1) is 0 Å². The van der Waals surface area contributed by atoms with Gasteiger partial charge in [0, 0.05) is 0 Å². The lowest BCUT2D eigenvalue weighted by Gasteiger charge is -2.28. The second-order valence-electron chi connectivity index (χ2n) is 7.86. The molecule has 2 fully saturated rings. The van der Waals surface area contributed by atoms with Gasteiger partial charge in [-0.2, -0.15) is 0 Å². The summed E-state index contributed by atoms with van der Waals surface area (Å²) in [4.78, 5) is 0. The van der Waals surface area contributed by atoms with Gasteiger partial charge in [-0.1, -0.05) is 31.6 Å². The highest BCUT2D eigenvalue weighted by Crippen LogP contribution is 2.37. The minimum absolute atomic E-state index is 0.393. The van der Waals surface area contributed by atoms with E-state index in [-0.39, 0.29) is 0 Å². The first-order valence-corrected chi connectivity index (χ1v) is 9.79. The van der Waals surface area contributed by atoms with Crippen LogP contribution in [0.3, 0.4) is 0 Å². The standard InChI is InChI=1S/C22H30F2/c1-2-16-3-5-17(6-4-16)7-8-18-9-11-19(12-10-18)20-13-14-21(23)22(24)15-20/h7-8,13-19H,2-6,9-12H2,1H3/t16-,17-,18-,19-. The first kappa shape index (κ1) is 17.6. The van der Waals surface area contributed by atoms with Crippen LogP contribution < -0.4 is 0 Å². The summed E-state index contributed by atoms with van der Waals surface area (Å²) in [5.74, 6) is 1.36. The predicted molar refractivity (Wildman–Crippen MR) is 95.9 cm³/mol. The number of hydrogen-bond acceptors (Lipinski definition) is 0. The lowest BCUT2D eigenvalue weighted by molar-refractivity contribution is 0.301. The van der Waals surface area contributed by atoms with Crippen LogP contribution in [0.4, 0.5) is 8.78 Å². The van der Waals surface area contributed by atoms with Crippen LogP contribution in [-0.2, 0) is 0 Å². The third-order valence-electron chi connectivity index (χ3n) is 6.31. The Morgan fingerprint density at radius 3 is 1.96 bits per heavy atom. The maximum absolute atomic E-state index is 13.4. The number of allylic oxidation sites excluding steroid dienone is 2. The van der Waals surface area contributed by atoms with E-state index < -0.39 is 11.6 Å². The zero-order chi connectivity index (χ0) is 16.9. The number of benzene rings is 1. The van der Waals surface area contributed by atoms with Crippen molar-refractivity contribution in [3.05, 3.63) is 47.5 Å². The van der Waals surface area contributed by atoms with E-state index in [0.717, 1.165) is 30.2 Å². The fourth-order valence-electron chi connectivity index (χ4n) is 4.51. The van der Waals surface area contributed by atoms with Crippen LogP contribution in [0.15, 0.2) is 30.4 Å². The lowest BCUT2D eigenvalue weighted by atomic mass is 9.77. The van der Waals surface area contributed by atoms with Crippen molar-refractivity contribution in [1.82, 2.24) is 0 Å². The van der Waals surface area contributed by atoms with Crippen LogP contribution in [0.2, 0.25) is 0 Å². The maximum atomic E-state index is 13.4. The molecule has 2 heteroatoms. The van der Waals surface area contributed by atoms with Crippen molar-refractivity contribution in [3.63, 3.8) is 0 Å². The van der Waals surface area contributed by atoms with Gasteiger partial charge in [0.15, 0.2) is 11.6 Å². The van der Waals surface area contributed by atoms with Crippen LogP contribution in [0, 0.1) is 29.4 Å². The monoisotopic (exact) mass is 332 g/mol. The topological polar surface area (TPSA) is 0 Å². The van der Waals surface area contributed by atoms with Crippen LogP contribution >= 0.6 is 0 Å². The van der Waals surface area contributed by atoms with Crippen LogP contribution in [-0.4, -0.2) is 0 Å². The van der Waals surface area contributed by atoms with E-state index in [1.54, 1.807) is 6.07 Å². The van der Waals surface area contributed by atoms with E-state index in [9.17, 15) is 8.78 Å². The Morgan fingerprint density at radius 2 is 1.42 bits per heavy atom.